The minimum Gasteiger partial charge on any atom is -0.508 e. The number of halogens is 1. The molecular formula is C15H21BrO2. The Labute approximate surface area is 117 Å². The topological polar surface area (TPSA) is 40.5 Å². The van der Waals surface area contributed by atoms with E-state index >= 15 is 0 Å². The lowest BCUT2D eigenvalue weighted by atomic mass is 9.80. The second kappa shape index (κ2) is 5.79. The van der Waals surface area contributed by atoms with Crippen LogP contribution >= 0.6 is 15.9 Å². The van der Waals surface area contributed by atoms with Crippen LogP contribution in [0.15, 0.2) is 22.7 Å². The van der Waals surface area contributed by atoms with E-state index in [-0.39, 0.29) is 16.9 Å². The van der Waals surface area contributed by atoms with Gasteiger partial charge in [-0.05, 0) is 54.3 Å². The van der Waals surface area contributed by atoms with Crippen molar-refractivity contribution in [3.05, 3.63) is 33.8 Å². The van der Waals surface area contributed by atoms with Crippen molar-refractivity contribution in [3.63, 3.8) is 0 Å². The smallest absolute Gasteiger partial charge is 0.122 e. The zero-order valence-electron chi connectivity index (χ0n) is 11.4. The summed E-state index contributed by atoms with van der Waals surface area (Å²) in [6.07, 6.45) is 4.05. The monoisotopic (exact) mass is 312 g/mol. The third kappa shape index (κ3) is 3.77. The number of hydrogen-bond acceptors (Lipinski definition) is 2. The molecule has 0 aliphatic carbocycles. The van der Waals surface area contributed by atoms with Crippen LogP contribution in [0.3, 0.4) is 0 Å². The van der Waals surface area contributed by atoms with Gasteiger partial charge in [0.1, 0.15) is 11.5 Å². The number of hydrogen-bond donors (Lipinski definition) is 2. The van der Waals surface area contributed by atoms with E-state index in [1.807, 2.05) is 6.92 Å². The first-order valence-corrected chi connectivity index (χ1v) is 6.88. The second-order valence-electron chi connectivity index (χ2n) is 5.35. The molecule has 0 atom stereocenters. The first-order chi connectivity index (χ1) is 8.24. The maximum Gasteiger partial charge on any atom is 0.122 e. The van der Waals surface area contributed by atoms with Gasteiger partial charge in [-0.15, -0.1) is 0 Å². The molecule has 0 unspecified atom stereocenters. The van der Waals surface area contributed by atoms with E-state index in [4.69, 9.17) is 0 Å². The molecule has 0 spiro atoms. The van der Waals surface area contributed by atoms with Crippen LogP contribution < -0.4 is 0 Å². The summed E-state index contributed by atoms with van der Waals surface area (Å²) >= 11 is 3.41. The van der Waals surface area contributed by atoms with Gasteiger partial charge in [0.15, 0.2) is 0 Å². The van der Waals surface area contributed by atoms with Crippen molar-refractivity contribution in [2.24, 2.45) is 0 Å². The van der Waals surface area contributed by atoms with Gasteiger partial charge in [0.2, 0.25) is 0 Å². The summed E-state index contributed by atoms with van der Waals surface area (Å²) in [4.78, 5) is 0. The number of benzene rings is 1. The molecular weight excluding hydrogens is 292 g/mol. The zero-order chi connectivity index (χ0) is 13.9. The highest BCUT2D eigenvalue weighted by molar-refractivity contribution is 9.11. The lowest BCUT2D eigenvalue weighted by molar-refractivity contribution is 0.429. The Kier molecular flexibility index (Phi) is 4.85. The summed E-state index contributed by atoms with van der Waals surface area (Å²) in [5, 5.41) is 19.6. The van der Waals surface area contributed by atoms with Gasteiger partial charge in [0, 0.05) is 5.56 Å². The average Bonchev–Trinajstić information content (AvgIpc) is 2.24. The molecule has 2 N–H and O–H groups in total. The predicted octanol–water partition coefficient (Wildman–Crippen LogP) is 4.76. The molecule has 3 heteroatoms. The van der Waals surface area contributed by atoms with Crippen molar-refractivity contribution in [2.45, 2.75) is 46.0 Å². The Balaban J connectivity index is 2.94. The lowest BCUT2D eigenvalue weighted by Gasteiger charge is -2.25. The highest BCUT2D eigenvalue weighted by Crippen LogP contribution is 2.36. The minimum absolute atomic E-state index is 0.0817. The average molecular weight is 313 g/mol. The van der Waals surface area contributed by atoms with E-state index in [9.17, 15) is 10.2 Å². The summed E-state index contributed by atoms with van der Waals surface area (Å²) in [5.74, 6) is 0.315. The Morgan fingerprint density at radius 1 is 1.28 bits per heavy atom. The molecule has 0 radical (unpaired) electrons. The van der Waals surface area contributed by atoms with Crippen LogP contribution in [0.25, 0.3) is 0 Å². The van der Waals surface area contributed by atoms with E-state index in [1.54, 1.807) is 19.1 Å². The molecule has 100 valence electrons. The normalized spacial score (nSPS) is 12.8. The molecule has 0 aliphatic heterocycles. The Morgan fingerprint density at radius 3 is 2.22 bits per heavy atom. The molecule has 18 heavy (non-hydrogen) atoms. The van der Waals surface area contributed by atoms with Crippen LogP contribution in [0, 0.1) is 6.92 Å². The van der Waals surface area contributed by atoms with Crippen molar-refractivity contribution in [2.75, 3.05) is 0 Å². The third-order valence-electron chi connectivity index (χ3n) is 3.33. The van der Waals surface area contributed by atoms with Crippen LogP contribution in [0.2, 0.25) is 0 Å². The van der Waals surface area contributed by atoms with Crippen LogP contribution in [0.4, 0.5) is 0 Å². The van der Waals surface area contributed by atoms with Gasteiger partial charge in [-0.1, -0.05) is 35.9 Å². The van der Waals surface area contributed by atoms with Gasteiger partial charge >= 0.3 is 0 Å². The minimum atomic E-state index is -0.0817. The van der Waals surface area contributed by atoms with Gasteiger partial charge < -0.3 is 10.2 Å². The standard InChI is InChI=1S/C15H21BrO2/c1-10(16)6-5-7-15(3,4)12-8-13(17)11(2)14(18)9-12/h6,8-9,17-18H,5,7H2,1-4H3. The van der Waals surface area contributed by atoms with Crippen molar-refractivity contribution >= 4 is 15.9 Å². The van der Waals surface area contributed by atoms with Crippen LogP contribution in [-0.4, -0.2) is 10.2 Å². The van der Waals surface area contributed by atoms with E-state index in [2.05, 4.69) is 35.9 Å². The maximum absolute atomic E-state index is 9.78. The number of allylic oxidation sites excluding steroid dienone is 2. The number of aromatic hydroxyl groups is 2. The summed E-state index contributed by atoms with van der Waals surface area (Å²) in [6, 6.07) is 3.50. The van der Waals surface area contributed by atoms with Crippen molar-refractivity contribution in [3.8, 4) is 11.5 Å². The van der Waals surface area contributed by atoms with Gasteiger partial charge in [-0.25, -0.2) is 0 Å². The Hall–Kier alpha value is -0.960. The van der Waals surface area contributed by atoms with Gasteiger partial charge in [-0.2, -0.15) is 0 Å². The molecule has 0 aromatic heterocycles. The zero-order valence-corrected chi connectivity index (χ0v) is 13.0. The third-order valence-corrected chi connectivity index (χ3v) is 3.65. The fourth-order valence-corrected chi connectivity index (χ4v) is 2.08. The molecule has 0 fully saturated rings. The fraction of sp³-hybridized carbons (Fsp3) is 0.467. The first kappa shape index (κ1) is 15.1. The fourth-order valence-electron chi connectivity index (χ4n) is 1.85. The summed E-state index contributed by atoms with van der Waals surface area (Å²) in [5.41, 5.74) is 1.41. The highest BCUT2D eigenvalue weighted by atomic mass is 79.9. The lowest BCUT2D eigenvalue weighted by Crippen LogP contribution is -2.16. The van der Waals surface area contributed by atoms with E-state index in [0.29, 0.717) is 5.56 Å². The van der Waals surface area contributed by atoms with Gasteiger partial charge in [-0.3, -0.25) is 0 Å². The highest BCUT2D eigenvalue weighted by Gasteiger charge is 2.22. The molecule has 0 saturated heterocycles. The van der Waals surface area contributed by atoms with E-state index < -0.39 is 0 Å². The van der Waals surface area contributed by atoms with Crippen molar-refractivity contribution < 1.29 is 10.2 Å². The Morgan fingerprint density at radius 2 is 1.78 bits per heavy atom. The molecule has 0 bridgehead atoms. The van der Waals surface area contributed by atoms with Crippen LogP contribution in [0.1, 0.15) is 44.7 Å². The van der Waals surface area contributed by atoms with E-state index in [1.165, 1.54) is 0 Å². The molecule has 1 rings (SSSR count). The molecule has 0 amide bonds. The molecule has 1 aromatic carbocycles. The molecule has 0 heterocycles. The van der Waals surface area contributed by atoms with E-state index in [0.717, 1.165) is 22.9 Å². The van der Waals surface area contributed by atoms with Crippen molar-refractivity contribution in [1.82, 2.24) is 0 Å². The molecule has 1 aromatic rings. The number of phenols is 2. The summed E-state index contributed by atoms with van der Waals surface area (Å²) in [6.45, 7) is 7.96. The molecule has 0 saturated carbocycles. The van der Waals surface area contributed by atoms with Crippen LogP contribution in [0.5, 0.6) is 11.5 Å². The number of phenolic OH excluding ortho intramolecular Hbond substituents is 2. The first-order valence-electron chi connectivity index (χ1n) is 6.09. The quantitative estimate of drug-likeness (QED) is 0.841. The maximum atomic E-state index is 9.78. The largest absolute Gasteiger partial charge is 0.508 e. The van der Waals surface area contributed by atoms with Crippen molar-refractivity contribution in [1.29, 1.82) is 0 Å². The molecule has 0 aliphatic rings. The number of rotatable bonds is 4. The SMILES string of the molecule is CC(Br)=CCCC(C)(C)c1cc(O)c(C)c(O)c1. The molecule has 2 nitrogen and oxygen atoms in total. The summed E-state index contributed by atoms with van der Waals surface area (Å²) < 4.78 is 1.13. The van der Waals surface area contributed by atoms with Crippen LogP contribution in [-0.2, 0) is 5.41 Å². The van der Waals surface area contributed by atoms with Gasteiger partial charge in [0.05, 0.1) is 0 Å². The second-order valence-corrected chi connectivity index (χ2v) is 6.60. The predicted molar refractivity (Wildman–Crippen MR) is 79.5 cm³/mol. The Bertz CT molecular complexity index is 435. The summed E-state index contributed by atoms with van der Waals surface area (Å²) in [7, 11) is 0. The van der Waals surface area contributed by atoms with Gasteiger partial charge in [0.25, 0.3) is 0 Å².